The number of nitrogens with one attached hydrogen (secondary N) is 1. The molecule has 1 aromatic heterocycles. The molecule has 0 radical (unpaired) electrons. The van der Waals surface area contributed by atoms with Crippen molar-refractivity contribution in [1.29, 1.82) is 0 Å². The predicted octanol–water partition coefficient (Wildman–Crippen LogP) is 4.90. The summed E-state index contributed by atoms with van der Waals surface area (Å²) in [6.07, 6.45) is 4.37. The molecule has 0 saturated carbocycles. The number of nitrogens with two attached hydrogens (primary N) is 1. The van der Waals surface area contributed by atoms with Crippen molar-refractivity contribution in [2.45, 2.75) is 38.5 Å². The molecule has 1 aliphatic heterocycles. The topological polar surface area (TPSA) is 88.3 Å². The quantitative estimate of drug-likeness (QED) is 0.555. The molecule has 7 heteroatoms. The van der Waals surface area contributed by atoms with E-state index in [1.807, 2.05) is 18.2 Å². The smallest absolute Gasteiger partial charge is 0.251 e. The first-order valence-electron chi connectivity index (χ1n) is 11.9. The average Bonchev–Trinajstić information content (AvgIpc) is 3.28. The molecule has 2 heterocycles. The van der Waals surface area contributed by atoms with Crippen molar-refractivity contribution < 1.29 is 14.0 Å². The Kier molecular flexibility index (Phi) is 6.31. The number of hydrogen-bond acceptors (Lipinski definition) is 4. The fourth-order valence-corrected chi connectivity index (χ4v) is 4.92. The molecule has 3 aromatic rings. The summed E-state index contributed by atoms with van der Waals surface area (Å²) in [5.41, 5.74) is 11.6. The van der Waals surface area contributed by atoms with Gasteiger partial charge in [-0.25, -0.2) is 9.37 Å². The second-order valence-corrected chi connectivity index (χ2v) is 8.99. The highest BCUT2D eigenvalue weighted by Gasteiger charge is 2.26. The molecule has 0 atom stereocenters. The molecule has 178 valence electrons. The van der Waals surface area contributed by atoms with Crippen molar-refractivity contribution in [3.8, 4) is 0 Å². The van der Waals surface area contributed by atoms with Crippen LogP contribution in [0.15, 0.2) is 66.2 Å². The van der Waals surface area contributed by atoms with Crippen LogP contribution in [-0.4, -0.2) is 23.3 Å². The number of benzene rings is 2. The van der Waals surface area contributed by atoms with Crippen molar-refractivity contribution in [2.75, 3.05) is 22.5 Å². The lowest BCUT2D eigenvalue weighted by molar-refractivity contribution is -0.118. The number of pyridine rings is 1. The Labute approximate surface area is 203 Å². The van der Waals surface area contributed by atoms with Gasteiger partial charge in [0.1, 0.15) is 11.6 Å². The van der Waals surface area contributed by atoms with E-state index in [2.05, 4.69) is 10.3 Å². The predicted molar refractivity (Wildman–Crippen MR) is 135 cm³/mol. The fourth-order valence-electron chi connectivity index (χ4n) is 4.92. The lowest BCUT2D eigenvalue weighted by Gasteiger charge is -2.21. The highest BCUT2D eigenvalue weighted by Crippen LogP contribution is 2.34. The van der Waals surface area contributed by atoms with Crippen molar-refractivity contribution >= 4 is 34.6 Å². The number of fused-ring (bicyclic) bond motifs is 1. The van der Waals surface area contributed by atoms with Crippen LogP contribution in [0.2, 0.25) is 0 Å². The summed E-state index contributed by atoms with van der Waals surface area (Å²) in [6.45, 7) is 0.591. The Bertz CT molecular complexity index is 1320. The van der Waals surface area contributed by atoms with Crippen LogP contribution in [0.4, 0.5) is 21.6 Å². The molecule has 1 aliphatic carbocycles. The van der Waals surface area contributed by atoms with Gasteiger partial charge >= 0.3 is 0 Å². The van der Waals surface area contributed by atoms with Gasteiger partial charge in [0, 0.05) is 23.5 Å². The number of halogens is 1. The third-order valence-corrected chi connectivity index (χ3v) is 6.63. The second-order valence-electron chi connectivity index (χ2n) is 8.99. The third kappa shape index (κ3) is 4.94. The molecule has 0 unspecified atom stereocenters. The maximum Gasteiger partial charge on any atom is 0.251 e. The molecule has 2 aromatic carbocycles. The summed E-state index contributed by atoms with van der Waals surface area (Å²) in [5.74, 6) is -0.0447. The summed E-state index contributed by atoms with van der Waals surface area (Å²) < 4.78 is 13.4. The van der Waals surface area contributed by atoms with Crippen molar-refractivity contribution in [2.24, 2.45) is 0 Å². The van der Waals surface area contributed by atoms with Crippen LogP contribution in [0.1, 0.15) is 42.5 Å². The number of rotatable bonds is 5. The van der Waals surface area contributed by atoms with Crippen LogP contribution >= 0.6 is 0 Å². The SMILES string of the molecule is Nc1cccc(CC(=O)N2CCc3cc(NC(=O)C4=C(c5ccc(F)cc5)CCCC4)ccc32)n1. The van der Waals surface area contributed by atoms with E-state index in [9.17, 15) is 14.0 Å². The van der Waals surface area contributed by atoms with E-state index in [1.54, 1.807) is 35.2 Å². The maximum atomic E-state index is 13.4. The van der Waals surface area contributed by atoms with Crippen molar-refractivity contribution in [1.82, 2.24) is 4.98 Å². The van der Waals surface area contributed by atoms with E-state index in [0.717, 1.165) is 53.6 Å². The highest BCUT2D eigenvalue weighted by molar-refractivity contribution is 6.09. The van der Waals surface area contributed by atoms with Crippen molar-refractivity contribution in [3.63, 3.8) is 0 Å². The molecule has 2 amide bonds. The lowest BCUT2D eigenvalue weighted by Crippen LogP contribution is -2.30. The molecular formula is C28H27FN4O2. The largest absolute Gasteiger partial charge is 0.384 e. The minimum Gasteiger partial charge on any atom is -0.384 e. The molecule has 35 heavy (non-hydrogen) atoms. The number of nitrogen functional groups attached to an aromatic ring is 1. The normalized spacial score (nSPS) is 15.2. The van der Waals surface area contributed by atoms with Gasteiger partial charge in [0.2, 0.25) is 5.91 Å². The van der Waals surface area contributed by atoms with Crippen LogP contribution in [0.3, 0.4) is 0 Å². The van der Waals surface area contributed by atoms with Gasteiger partial charge in [0.15, 0.2) is 0 Å². The second kappa shape index (κ2) is 9.70. The molecule has 6 nitrogen and oxygen atoms in total. The van der Waals surface area contributed by atoms with Gasteiger partial charge in [-0.1, -0.05) is 18.2 Å². The van der Waals surface area contributed by atoms with Gasteiger partial charge in [0.25, 0.3) is 5.91 Å². The number of hydrogen-bond donors (Lipinski definition) is 2. The summed E-state index contributed by atoms with van der Waals surface area (Å²) >= 11 is 0. The lowest BCUT2D eigenvalue weighted by atomic mass is 9.87. The fraction of sp³-hybridized carbons (Fsp3) is 0.250. The van der Waals surface area contributed by atoms with E-state index in [0.29, 0.717) is 30.2 Å². The van der Waals surface area contributed by atoms with Crippen LogP contribution in [0.25, 0.3) is 5.57 Å². The van der Waals surface area contributed by atoms with Crippen LogP contribution in [0, 0.1) is 5.82 Å². The molecule has 0 fully saturated rings. The number of amides is 2. The summed E-state index contributed by atoms with van der Waals surface area (Å²) in [6, 6.07) is 17.3. The molecule has 3 N–H and O–H groups in total. The minimum atomic E-state index is -0.286. The van der Waals surface area contributed by atoms with E-state index in [4.69, 9.17) is 5.73 Å². The average molecular weight is 471 g/mol. The zero-order valence-corrected chi connectivity index (χ0v) is 19.4. The number of carbonyl (C=O) groups excluding carboxylic acids is 2. The Hall–Kier alpha value is -4.00. The van der Waals surface area contributed by atoms with E-state index < -0.39 is 0 Å². The number of allylic oxidation sites excluding steroid dienone is 1. The van der Waals surface area contributed by atoms with E-state index in [-0.39, 0.29) is 24.1 Å². The van der Waals surface area contributed by atoms with Crippen LogP contribution in [-0.2, 0) is 22.4 Å². The molecule has 5 rings (SSSR count). The molecule has 0 bridgehead atoms. The first kappa shape index (κ1) is 22.8. The minimum absolute atomic E-state index is 0.0325. The van der Waals surface area contributed by atoms with Gasteiger partial charge in [-0.15, -0.1) is 0 Å². The number of aromatic nitrogens is 1. The van der Waals surface area contributed by atoms with Gasteiger partial charge in [-0.05, 0) is 91.3 Å². The maximum absolute atomic E-state index is 13.4. The summed E-state index contributed by atoms with van der Waals surface area (Å²) in [4.78, 5) is 32.1. The van der Waals surface area contributed by atoms with Gasteiger partial charge in [0.05, 0.1) is 12.1 Å². The molecular weight excluding hydrogens is 443 g/mol. The van der Waals surface area contributed by atoms with Crippen LogP contribution < -0.4 is 16.0 Å². The number of nitrogens with zero attached hydrogens (tertiary/aromatic N) is 2. The Morgan fingerprint density at radius 2 is 1.80 bits per heavy atom. The van der Waals surface area contributed by atoms with Gasteiger partial charge in [-0.3, -0.25) is 9.59 Å². The summed E-state index contributed by atoms with van der Waals surface area (Å²) in [5, 5.41) is 3.04. The van der Waals surface area contributed by atoms with Crippen molar-refractivity contribution in [3.05, 3.63) is 88.9 Å². The Morgan fingerprint density at radius 3 is 2.60 bits per heavy atom. The van der Waals surface area contributed by atoms with E-state index in [1.165, 1.54) is 12.1 Å². The monoisotopic (exact) mass is 470 g/mol. The molecule has 2 aliphatic rings. The summed E-state index contributed by atoms with van der Waals surface area (Å²) in [7, 11) is 0. The van der Waals surface area contributed by atoms with Gasteiger partial charge < -0.3 is 16.0 Å². The first-order chi connectivity index (χ1) is 17.0. The molecule has 0 spiro atoms. The Balaban J connectivity index is 1.32. The Morgan fingerprint density at radius 1 is 1.00 bits per heavy atom. The van der Waals surface area contributed by atoms with Crippen LogP contribution in [0.5, 0.6) is 0 Å². The first-order valence-corrected chi connectivity index (χ1v) is 11.9. The van der Waals surface area contributed by atoms with E-state index >= 15 is 0 Å². The zero-order chi connectivity index (χ0) is 24.4. The number of anilines is 3. The number of carbonyl (C=O) groups is 2. The van der Waals surface area contributed by atoms with Gasteiger partial charge in [-0.2, -0.15) is 0 Å². The zero-order valence-electron chi connectivity index (χ0n) is 19.4. The highest BCUT2D eigenvalue weighted by atomic mass is 19.1. The standard InChI is InChI=1S/C28H27FN4O2/c29-20-10-8-18(9-11-20)23-5-1-2-6-24(23)28(35)32-22-12-13-25-19(16-22)14-15-33(25)27(34)17-21-4-3-7-26(30)31-21/h3-4,7-13,16H,1-2,5-6,14-15,17H2,(H2,30,31)(H,32,35). The third-order valence-electron chi connectivity index (χ3n) is 6.63. The molecule has 0 saturated heterocycles.